The Morgan fingerprint density at radius 2 is 2.12 bits per heavy atom. The van der Waals surface area contributed by atoms with Crippen molar-refractivity contribution in [3.63, 3.8) is 0 Å². The molecule has 1 heterocycles. The Morgan fingerprint density at radius 3 is 2.75 bits per heavy atom. The van der Waals surface area contributed by atoms with E-state index in [9.17, 15) is 0 Å². The van der Waals surface area contributed by atoms with Crippen molar-refractivity contribution in [2.75, 3.05) is 25.6 Å². The second-order valence-corrected chi connectivity index (χ2v) is 5.14. The SMILES string of the molecule is CCNC(=NCc1cnn(C)c1)Nc1ccc(OC)c(OCC)c1. The van der Waals surface area contributed by atoms with Gasteiger partial charge in [0.05, 0.1) is 26.5 Å². The molecule has 0 radical (unpaired) electrons. The topological polar surface area (TPSA) is 72.7 Å². The van der Waals surface area contributed by atoms with Crippen molar-refractivity contribution in [3.8, 4) is 11.5 Å². The predicted molar refractivity (Wildman–Crippen MR) is 95.8 cm³/mol. The van der Waals surface area contributed by atoms with Crippen LogP contribution in [0, 0.1) is 0 Å². The summed E-state index contributed by atoms with van der Waals surface area (Å²) in [5.74, 6) is 2.11. The van der Waals surface area contributed by atoms with Gasteiger partial charge in [0.25, 0.3) is 0 Å². The van der Waals surface area contributed by atoms with E-state index < -0.39 is 0 Å². The van der Waals surface area contributed by atoms with Crippen LogP contribution in [0.4, 0.5) is 5.69 Å². The quantitative estimate of drug-likeness (QED) is 0.602. The molecule has 0 aliphatic rings. The Morgan fingerprint density at radius 1 is 1.29 bits per heavy atom. The first-order valence-corrected chi connectivity index (χ1v) is 8.00. The molecule has 130 valence electrons. The smallest absolute Gasteiger partial charge is 0.196 e. The summed E-state index contributed by atoms with van der Waals surface area (Å²) in [4.78, 5) is 4.58. The molecule has 7 heteroatoms. The Hall–Kier alpha value is -2.70. The number of benzene rings is 1. The van der Waals surface area contributed by atoms with Crippen LogP contribution in [0.5, 0.6) is 11.5 Å². The highest BCUT2D eigenvalue weighted by molar-refractivity contribution is 5.93. The van der Waals surface area contributed by atoms with Crippen LogP contribution in [0.3, 0.4) is 0 Å². The van der Waals surface area contributed by atoms with Gasteiger partial charge >= 0.3 is 0 Å². The Kier molecular flexibility index (Phi) is 6.48. The van der Waals surface area contributed by atoms with E-state index in [0.29, 0.717) is 30.6 Å². The van der Waals surface area contributed by atoms with Gasteiger partial charge in [0.15, 0.2) is 17.5 Å². The molecule has 0 fully saturated rings. The van der Waals surface area contributed by atoms with Gasteiger partial charge in [0.1, 0.15) is 0 Å². The molecule has 2 N–H and O–H groups in total. The van der Waals surface area contributed by atoms with Crippen LogP contribution in [0.25, 0.3) is 0 Å². The summed E-state index contributed by atoms with van der Waals surface area (Å²) in [6.07, 6.45) is 3.77. The van der Waals surface area contributed by atoms with Crippen LogP contribution in [0.2, 0.25) is 0 Å². The molecule has 7 nitrogen and oxygen atoms in total. The first-order chi connectivity index (χ1) is 11.7. The van der Waals surface area contributed by atoms with E-state index in [2.05, 4.69) is 20.7 Å². The van der Waals surface area contributed by atoms with Gasteiger partial charge < -0.3 is 20.1 Å². The molecule has 1 aromatic carbocycles. The van der Waals surface area contributed by atoms with Crippen LogP contribution >= 0.6 is 0 Å². The maximum atomic E-state index is 5.61. The Labute approximate surface area is 142 Å². The van der Waals surface area contributed by atoms with E-state index in [-0.39, 0.29) is 0 Å². The molecule has 1 aromatic heterocycles. The van der Waals surface area contributed by atoms with Crippen molar-refractivity contribution >= 4 is 11.6 Å². The zero-order valence-electron chi connectivity index (χ0n) is 14.7. The van der Waals surface area contributed by atoms with Crippen molar-refractivity contribution < 1.29 is 9.47 Å². The summed E-state index contributed by atoms with van der Waals surface area (Å²) in [7, 11) is 3.52. The lowest BCUT2D eigenvalue weighted by atomic mass is 10.2. The normalized spacial score (nSPS) is 11.2. The summed E-state index contributed by atoms with van der Waals surface area (Å²) in [5.41, 5.74) is 1.93. The van der Waals surface area contributed by atoms with Gasteiger partial charge in [0, 0.05) is 37.1 Å². The molecule has 0 amide bonds. The van der Waals surface area contributed by atoms with Crippen molar-refractivity contribution in [2.24, 2.45) is 12.0 Å². The van der Waals surface area contributed by atoms with Crippen LogP contribution in [0.1, 0.15) is 19.4 Å². The lowest BCUT2D eigenvalue weighted by Gasteiger charge is -2.14. The molecular formula is C17H25N5O2. The average Bonchev–Trinajstić information content (AvgIpc) is 2.99. The summed E-state index contributed by atoms with van der Waals surface area (Å²) in [6.45, 7) is 5.87. The van der Waals surface area contributed by atoms with Gasteiger partial charge in [-0.1, -0.05) is 0 Å². The van der Waals surface area contributed by atoms with Gasteiger partial charge in [-0.3, -0.25) is 4.68 Å². The number of guanidine groups is 1. The van der Waals surface area contributed by atoms with Crippen molar-refractivity contribution in [1.29, 1.82) is 0 Å². The minimum absolute atomic E-state index is 0.553. The molecule has 2 rings (SSSR count). The lowest BCUT2D eigenvalue weighted by molar-refractivity contribution is 0.311. The zero-order chi connectivity index (χ0) is 17.4. The third-order valence-electron chi connectivity index (χ3n) is 3.25. The van der Waals surface area contributed by atoms with E-state index in [1.54, 1.807) is 11.8 Å². The van der Waals surface area contributed by atoms with Crippen molar-refractivity contribution in [2.45, 2.75) is 20.4 Å². The Balaban J connectivity index is 2.12. The molecule has 0 spiro atoms. The fourth-order valence-electron chi connectivity index (χ4n) is 2.19. The van der Waals surface area contributed by atoms with E-state index in [0.717, 1.165) is 17.8 Å². The zero-order valence-corrected chi connectivity index (χ0v) is 14.7. The monoisotopic (exact) mass is 331 g/mol. The number of methoxy groups -OCH3 is 1. The number of rotatable bonds is 7. The molecule has 0 saturated carbocycles. The van der Waals surface area contributed by atoms with Crippen LogP contribution < -0.4 is 20.1 Å². The number of aliphatic imine (C=N–C) groups is 1. The fourth-order valence-corrected chi connectivity index (χ4v) is 2.19. The standard InChI is InChI=1S/C17H25N5O2/c1-5-18-17(19-10-13-11-20-22(3)12-13)21-14-7-8-15(23-4)16(9-14)24-6-2/h7-9,11-12H,5-6,10H2,1-4H3,(H2,18,19,21). The molecule has 0 aliphatic carbocycles. The highest BCUT2D eigenvalue weighted by Crippen LogP contribution is 2.30. The molecule has 2 aromatic rings. The molecule has 0 saturated heterocycles. The van der Waals surface area contributed by atoms with Crippen molar-refractivity contribution in [1.82, 2.24) is 15.1 Å². The number of hydrogen-bond acceptors (Lipinski definition) is 4. The largest absolute Gasteiger partial charge is 0.493 e. The lowest BCUT2D eigenvalue weighted by Crippen LogP contribution is -2.30. The summed E-state index contributed by atoms with van der Waals surface area (Å²) in [5, 5.41) is 10.7. The second-order valence-electron chi connectivity index (χ2n) is 5.14. The second kappa shape index (κ2) is 8.81. The van der Waals surface area contributed by atoms with E-state index >= 15 is 0 Å². The van der Waals surface area contributed by atoms with E-state index in [1.807, 2.05) is 51.5 Å². The van der Waals surface area contributed by atoms with Crippen molar-refractivity contribution in [3.05, 3.63) is 36.2 Å². The molecule has 0 bridgehead atoms. The summed E-state index contributed by atoms with van der Waals surface area (Å²) in [6, 6.07) is 5.70. The molecule has 0 unspecified atom stereocenters. The first-order valence-electron chi connectivity index (χ1n) is 8.00. The third kappa shape index (κ3) is 4.91. The highest BCUT2D eigenvalue weighted by atomic mass is 16.5. The predicted octanol–water partition coefficient (Wildman–Crippen LogP) is 2.41. The molecular weight excluding hydrogens is 306 g/mol. The first kappa shape index (κ1) is 17.7. The van der Waals surface area contributed by atoms with Gasteiger partial charge in [-0.15, -0.1) is 0 Å². The minimum atomic E-state index is 0.553. The molecule has 0 atom stereocenters. The van der Waals surface area contributed by atoms with E-state index in [1.165, 1.54) is 0 Å². The number of ether oxygens (including phenoxy) is 2. The van der Waals surface area contributed by atoms with E-state index in [4.69, 9.17) is 9.47 Å². The number of aryl methyl sites for hydroxylation is 1. The number of nitrogens with zero attached hydrogens (tertiary/aromatic N) is 3. The number of hydrogen-bond donors (Lipinski definition) is 2. The third-order valence-corrected chi connectivity index (χ3v) is 3.25. The molecule has 24 heavy (non-hydrogen) atoms. The van der Waals surface area contributed by atoms with Gasteiger partial charge in [-0.2, -0.15) is 5.10 Å². The number of anilines is 1. The Bertz CT molecular complexity index is 681. The van der Waals surface area contributed by atoms with Crippen LogP contribution in [-0.2, 0) is 13.6 Å². The highest BCUT2D eigenvalue weighted by Gasteiger charge is 2.07. The summed E-state index contributed by atoms with van der Waals surface area (Å²) < 4.78 is 12.7. The number of aromatic nitrogens is 2. The average molecular weight is 331 g/mol. The van der Waals surface area contributed by atoms with Gasteiger partial charge in [0.2, 0.25) is 0 Å². The minimum Gasteiger partial charge on any atom is -0.493 e. The van der Waals surface area contributed by atoms with Crippen LogP contribution in [-0.4, -0.2) is 36.0 Å². The van der Waals surface area contributed by atoms with Crippen LogP contribution in [0.15, 0.2) is 35.6 Å². The molecule has 0 aliphatic heterocycles. The maximum absolute atomic E-state index is 5.61. The van der Waals surface area contributed by atoms with Gasteiger partial charge in [-0.25, -0.2) is 4.99 Å². The maximum Gasteiger partial charge on any atom is 0.196 e. The number of nitrogens with one attached hydrogen (secondary N) is 2. The fraction of sp³-hybridized carbons (Fsp3) is 0.412. The van der Waals surface area contributed by atoms with Gasteiger partial charge in [-0.05, 0) is 26.0 Å². The summed E-state index contributed by atoms with van der Waals surface area (Å²) >= 11 is 0.